The zero-order valence-electron chi connectivity index (χ0n) is 6.84. The van der Waals surface area contributed by atoms with Crippen molar-refractivity contribution < 1.29 is 0 Å². The van der Waals surface area contributed by atoms with Crippen LogP contribution in [0.1, 0.15) is 25.7 Å². The molecule has 0 bridgehead atoms. The van der Waals surface area contributed by atoms with Crippen LogP contribution in [0.5, 0.6) is 0 Å². The van der Waals surface area contributed by atoms with Crippen LogP contribution in [0.4, 0.5) is 0 Å². The summed E-state index contributed by atoms with van der Waals surface area (Å²) in [4.78, 5) is 0. The fraction of sp³-hybridized carbons (Fsp3) is 0.600. The Bertz CT molecular complexity index is 129. The van der Waals surface area contributed by atoms with Gasteiger partial charge in [0, 0.05) is 0 Å². The van der Waals surface area contributed by atoms with Gasteiger partial charge in [-0.2, -0.15) is 0 Å². The molecule has 0 saturated heterocycles. The first-order valence-electron chi connectivity index (χ1n) is 3.92. The van der Waals surface area contributed by atoms with Gasteiger partial charge in [0.05, 0.1) is 0 Å². The third-order valence-electron chi connectivity index (χ3n) is 1.27. The molecule has 0 heterocycles. The van der Waals surface area contributed by atoms with Crippen LogP contribution in [-0.2, 0) is 0 Å². The van der Waals surface area contributed by atoms with E-state index in [1.165, 1.54) is 23.3 Å². The number of hydrogen-bond acceptors (Lipinski definition) is 0. The molecule has 0 aliphatic heterocycles. The van der Waals surface area contributed by atoms with E-state index in [1.807, 2.05) is 0 Å². The van der Waals surface area contributed by atoms with E-state index >= 15 is 0 Å². The number of rotatable bonds is 6. The molecule has 1 radical (unpaired) electrons. The molecular weight excluding hydrogens is 195 g/mol. The Morgan fingerprint density at radius 3 is 1.73 bits per heavy atom. The fourth-order valence-electron chi connectivity index (χ4n) is 0.698. The van der Waals surface area contributed by atoms with Gasteiger partial charge < -0.3 is 0 Å². The van der Waals surface area contributed by atoms with Gasteiger partial charge in [-0.05, 0) is 0 Å². The van der Waals surface area contributed by atoms with Crippen LogP contribution in [0.25, 0.3) is 0 Å². The van der Waals surface area contributed by atoms with Crippen molar-refractivity contribution in [2.45, 2.75) is 36.1 Å². The van der Waals surface area contributed by atoms with Gasteiger partial charge in [-0.3, -0.25) is 0 Å². The van der Waals surface area contributed by atoms with Crippen molar-refractivity contribution in [2.75, 3.05) is 0 Å². The van der Waals surface area contributed by atoms with Crippen molar-refractivity contribution in [1.82, 2.24) is 0 Å². The monoisotopic (exact) mass is 209 g/mol. The average molecular weight is 209 g/mol. The van der Waals surface area contributed by atoms with Crippen LogP contribution in [0.3, 0.4) is 0 Å². The third kappa shape index (κ3) is 9.68. The van der Waals surface area contributed by atoms with E-state index in [2.05, 4.69) is 11.8 Å². The summed E-state index contributed by atoms with van der Waals surface area (Å²) in [5, 5.41) is 2.70. The van der Waals surface area contributed by atoms with Gasteiger partial charge in [0.15, 0.2) is 0 Å². The Morgan fingerprint density at radius 2 is 1.36 bits per heavy atom. The normalized spacial score (nSPS) is 8.55. The molecule has 0 rings (SSSR count). The predicted molar refractivity (Wildman–Crippen MR) is 51.5 cm³/mol. The third-order valence-corrected chi connectivity index (χ3v) is 3.93. The first-order chi connectivity index (χ1) is 5.41. The maximum absolute atomic E-state index is 5.12. The Morgan fingerprint density at radius 1 is 0.909 bits per heavy atom. The van der Waals surface area contributed by atoms with E-state index in [1.54, 1.807) is 0 Å². The van der Waals surface area contributed by atoms with Crippen molar-refractivity contribution in [3.63, 3.8) is 0 Å². The molecule has 0 amide bonds. The van der Waals surface area contributed by atoms with Crippen LogP contribution in [0.2, 0.25) is 10.4 Å². The van der Waals surface area contributed by atoms with E-state index in [0.717, 1.165) is 12.8 Å². The fourth-order valence-corrected chi connectivity index (χ4v) is 2.77. The molecular formula is C10H14As. The van der Waals surface area contributed by atoms with Crippen molar-refractivity contribution in [1.29, 1.82) is 0 Å². The van der Waals surface area contributed by atoms with Gasteiger partial charge in [0.25, 0.3) is 0 Å². The number of unbranched alkanes of at least 4 members (excludes halogenated alkanes) is 2. The molecule has 0 nitrogen and oxygen atoms in total. The summed E-state index contributed by atoms with van der Waals surface area (Å²) in [6, 6.07) is 0. The first-order valence-corrected chi connectivity index (χ1v) is 6.57. The van der Waals surface area contributed by atoms with Crippen LogP contribution in [-0.4, -0.2) is 15.8 Å². The van der Waals surface area contributed by atoms with Crippen molar-refractivity contribution >= 4 is 15.8 Å². The maximum atomic E-state index is 5.12. The van der Waals surface area contributed by atoms with E-state index < -0.39 is 0 Å². The molecule has 59 valence electrons. The summed E-state index contributed by atoms with van der Waals surface area (Å²) >= 11 is 0.538. The summed E-state index contributed by atoms with van der Waals surface area (Å²) in [6.07, 6.45) is 14.6. The minimum atomic E-state index is 0.538. The van der Waals surface area contributed by atoms with Crippen molar-refractivity contribution in [3.05, 3.63) is 0 Å². The molecule has 11 heavy (non-hydrogen) atoms. The molecule has 0 fully saturated rings. The zero-order valence-corrected chi connectivity index (χ0v) is 8.72. The Kier molecular flexibility index (Phi) is 9.40. The second-order valence-corrected chi connectivity index (χ2v) is 5.10. The molecule has 0 saturated carbocycles. The van der Waals surface area contributed by atoms with Gasteiger partial charge in [0.2, 0.25) is 0 Å². The Balaban J connectivity index is 2.82. The van der Waals surface area contributed by atoms with Crippen molar-refractivity contribution in [3.8, 4) is 24.7 Å². The second kappa shape index (κ2) is 9.68. The van der Waals surface area contributed by atoms with Gasteiger partial charge in [-0.15, -0.1) is 0 Å². The topological polar surface area (TPSA) is 0 Å². The summed E-state index contributed by atoms with van der Waals surface area (Å²) in [5.74, 6) is 5.30. The molecule has 0 aromatic carbocycles. The summed E-state index contributed by atoms with van der Waals surface area (Å²) in [6.45, 7) is 0. The molecule has 0 unspecified atom stereocenters. The van der Waals surface area contributed by atoms with Gasteiger partial charge in [-0.1, -0.05) is 0 Å². The predicted octanol–water partition coefficient (Wildman–Crippen LogP) is 2.35. The summed E-state index contributed by atoms with van der Waals surface area (Å²) in [5.41, 5.74) is 0. The molecule has 0 aromatic rings. The van der Waals surface area contributed by atoms with Crippen molar-refractivity contribution in [2.24, 2.45) is 0 Å². The average Bonchev–Trinajstić information content (AvgIpc) is 2.03. The van der Waals surface area contributed by atoms with E-state index in [-0.39, 0.29) is 0 Å². The molecule has 1 heteroatoms. The second-order valence-electron chi connectivity index (χ2n) is 2.29. The van der Waals surface area contributed by atoms with Crippen LogP contribution in [0, 0.1) is 24.7 Å². The molecule has 0 N–H and O–H groups in total. The van der Waals surface area contributed by atoms with Gasteiger partial charge >= 0.3 is 76.5 Å². The van der Waals surface area contributed by atoms with Crippen LogP contribution < -0.4 is 0 Å². The van der Waals surface area contributed by atoms with E-state index in [0.29, 0.717) is 15.8 Å². The number of hydrogen-bond donors (Lipinski definition) is 0. The zero-order chi connectivity index (χ0) is 8.36. The number of terminal acetylenes is 2. The van der Waals surface area contributed by atoms with E-state index in [9.17, 15) is 0 Å². The standard InChI is InChI=1S/C10H14As/c1-3-5-7-9-11-10-8-6-4-2/h1-2H,5-10H2. The van der Waals surface area contributed by atoms with Gasteiger partial charge in [-0.25, -0.2) is 0 Å². The molecule has 0 aliphatic rings. The first kappa shape index (κ1) is 10.7. The Labute approximate surface area is 76.8 Å². The Hall–Kier alpha value is -0.322. The molecule has 0 atom stereocenters. The quantitative estimate of drug-likeness (QED) is 0.358. The molecule has 0 aliphatic carbocycles. The SMILES string of the molecule is C#CCCC[As]CCCC#C. The van der Waals surface area contributed by atoms with Gasteiger partial charge in [0.1, 0.15) is 0 Å². The summed E-state index contributed by atoms with van der Waals surface area (Å²) < 4.78 is 0. The molecule has 0 aromatic heterocycles. The summed E-state index contributed by atoms with van der Waals surface area (Å²) in [7, 11) is 0. The molecule has 0 spiro atoms. The van der Waals surface area contributed by atoms with Crippen LogP contribution >= 0.6 is 0 Å². The van der Waals surface area contributed by atoms with E-state index in [4.69, 9.17) is 12.8 Å². The minimum absolute atomic E-state index is 0.538. The van der Waals surface area contributed by atoms with Crippen LogP contribution in [0.15, 0.2) is 0 Å².